The summed E-state index contributed by atoms with van der Waals surface area (Å²) in [5.41, 5.74) is 0. The van der Waals surface area contributed by atoms with Gasteiger partial charge in [-0.3, -0.25) is 0 Å². The molecule has 0 unspecified atom stereocenters. The van der Waals surface area contributed by atoms with E-state index in [2.05, 4.69) is 29.1 Å². The molecule has 14 heavy (non-hydrogen) atoms. The van der Waals surface area contributed by atoms with Gasteiger partial charge >= 0.3 is 0 Å². The molecule has 0 amide bonds. The van der Waals surface area contributed by atoms with Gasteiger partial charge in [-0.2, -0.15) is 4.98 Å². The second-order valence-corrected chi connectivity index (χ2v) is 3.67. The molecule has 5 heteroatoms. The minimum atomic E-state index is 0.219. The van der Waals surface area contributed by atoms with Crippen molar-refractivity contribution >= 4 is 17.4 Å². The van der Waals surface area contributed by atoms with Crippen LogP contribution in [-0.2, 0) is 0 Å². The van der Waals surface area contributed by atoms with Gasteiger partial charge in [0.1, 0.15) is 0 Å². The monoisotopic (exact) mass is 215 g/mol. The second-order valence-electron chi connectivity index (χ2n) is 3.33. The van der Waals surface area contributed by atoms with Gasteiger partial charge in [-0.15, -0.1) is 0 Å². The Hall–Kier alpha value is -1.03. The Morgan fingerprint density at radius 2 is 2.29 bits per heavy atom. The number of hydrogen-bond acceptors (Lipinski definition) is 4. The summed E-state index contributed by atoms with van der Waals surface area (Å²) in [5.74, 6) is 1.78. The van der Waals surface area contributed by atoms with Crippen LogP contribution in [0.25, 0.3) is 0 Å². The lowest BCUT2D eigenvalue weighted by Crippen LogP contribution is -2.10. The normalized spacial score (nSPS) is 10.4. The van der Waals surface area contributed by atoms with Gasteiger partial charge in [0.2, 0.25) is 5.28 Å². The zero-order chi connectivity index (χ0) is 10.6. The summed E-state index contributed by atoms with van der Waals surface area (Å²) in [6.07, 6.45) is 1.55. The van der Waals surface area contributed by atoms with E-state index in [0.717, 1.165) is 6.54 Å². The lowest BCUT2D eigenvalue weighted by atomic mass is 10.2. The fourth-order valence-corrected chi connectivity index (χ4v) is 1.06. The molecule has 0 fully saturated rings. The minimum absolute atomic E-state index is 0.219. The Labute approximate surface area is 88.7 Å². The first-order valence-corrected chi connectivity index (χ1v) is 4.81. The number of nitrogens with zero attached hydrogens (tertiary/aromatic N) is 2. The largest absolute Gasteiger partial charge is 0.491 e. The van der Waals surface area contributed by atoms with Crippen molar-refractivity contribution in [1.29, 1.82) is 0 Å². The molecular weight excluding hydrogens is 202 g/mol. The molecular formula is C9H14ClN3O. The van der Waals surface area contributed by atoms with Crippen LogP contribution in [0.3, 0.4) is 0 Å². The van der Waals surface area contributed by atoms with Crippen LogP contribution >= 0.6 is 11.6 Å². The van der Waals surface area contributed by atoms with Crippen molar-refractivity contribution in [3.05, 3.63) is 11.5 Å². The summed E-state index contributed by atoms with van der Waals surface area (Å²) in [4.78, 5) is 7.86. The Balaban J connectivity index is 2.77. The van der Waals surface area contributed by atoms with Gasteiger partial charge in [0.25, 0.3) is 0 Å². The average Bonchev–Trinajstić information content (AvgIpc) is 2.15. The van der Waals surface area contributed by atoms with E-state index in [0.29, 0.717) is 17.5 Å². The standard InChI is InChI=1S/C9H14ClN3O/c1-6(2)4-11-8-7(14-3)5-12-9(10)13-8/h5-6H,4H2,1-3H3,(H,11,12,13). The zero-order valence-corrected chi connectivity index (χ0v) is 9.30. The molecule has 0 aliphatic rings. The van der Waals surface area contributed by atoms with E-state index in [-0.39, 0.29) is 5.28 Å². The highest BCUT2D eigenvalue weighted by atomic mass is 35.5. The van der Waals surface area contributed by atoms with Crippen LogP contribution in [0.1, 0.15) is 13.8 Å². The molecule has 1 rings (SSSR count). The van der Waals surface area contributed by atoms with Crippen LogP contribution in [0.5, 0.6) is 5.75 Å². The summed E-state index contributed by atoms with van der Waals surface area (Å²) in [7, 11) is 1.58. The third-order valence-electron chi connectivity index (χ3n) is 1.62. The third-order valence-corrected chi connectivity index (χ3v) is 1.81. The molecule has 0 saturated heterocycles. The minimum Gasteiger partial charge on any atom is -0.491 e. The maximum Gasteiger partial charge on any atom is 0.224 e. The molecule has 4 nitrogen and oxygen atoms in total. The van der Waals surface area contributed by atoms with Gasteiger partial charge in [-0.05, 0) is 17.5 Å². The lowest BCUT2D eigenvalue weighted by Gasteiger charge is -2.11. The molecule has 1 aromatic heterocycles. The zero-order valence-electron chi connectivity index (χ0n) is 8.54. The predicted octanol–water partition coefficient (Wildman–Crippen LogP) is 2.21. The maximum absolute atomic E-state index is 5.67. The van der Waals surface area contributed by atoms with E-state index >= 15 is 0 Å². The van der Waals surface area contributed by atoms with Gasteiger partial charge in [-0.25, -0.2) is 4.98 Å². The quantitative estimate of drug-likeness (QED) is 0.783. The van der Waals surface area contributed by atoms with Crippen molar-refractivity contribution in [2.24, 2.45) is 5.92 Å². The SMILES string of the molecule is COc1cnc(Cl)nc1NCC(C)C. The van der Waals surface area contributed by atoms with Crippen LogP contribution in [-0.4, -0.2) is 23.6 Å². The van der Waals surface area contributed by atoms with Crippen LogP contribution < -0.4 is 10.1 Å². The van der Waals surface area contributed by atoms with Crippen molar-refractivity contribution < 1.29 is 4.74 Å². The molecule has 0 aliphatic heterocycles. The second kappa shape index (κ2) is 5.00. The fraction of sp³-hybridized carbons (Fsp3) is 0.556. The molecule has 0 atom stereocenters. The first kappa shape index (κ1) is 11.0. The Morgan fingerprint density at radius 1 is 1.57 bits per heavy atom. The predicted molar refractivity (Wildman–Crippen MR) is 56.9 cm³/mol. The number of anilines is 1. The number of ether oxygens (including phenoxy) is 1. The van der Waals surface area contributed by atoms with Gasteiger partial charge in [0.15, 0.2) is 11.6 Å². The highest BCUT2D eigenvalue weighted by Crippen LogP contribution is 2.21. The first-order chi connectivity index (χ1) is 6.63. The van der Waals surface area contributed by atoms with E-state index in [1.807, 2.05) is 0 Å². The van der Waals surface area contributed by atoms with Crippen LogP contribution in [0.2, 0.25) is 5.28 Å². The summed E-state index contributed by atoms with van der Waals surface area (Å²) in [6, 6.07) is 0. The molecule has 0 aromatic carbocycles. The molecule has 1 aromatic rings. The molecule has 0 aliphatic carbocycles. The van der Waals surface area contributed by atoms with Gasteiger partial charge in [0.05, 0.1) is 13.3 Å². The molecule has 1 N–H and O–H groups in total. The van der Waals surface area contributed by atoms with Crippen molar-refractivity contribution in [3.8, 4) is 5.75 Å². The van der Waals surface area contributed by atoms with E-state index in [9.17, 15) is 0 Å². The maximum atomic E-state index is 5.67. The molecule has 0 radical (unpaired) electrons. The molecule has 1 heterocycles. The molecule has 78 valence electrons. The van der Waals surface area contributed by atoms with E-state index in [1.165, 1.54) is 0 Å². The number of nitrogens with one attached hydrogen (secondary N) is 1. The van der Waals surface area contributed by atoms with Crippen LogP contribution in [0.15, 0.2) is 6.20 Å². The van der Waals surface area contributed by atoms with Crippen LogP contribution in [0, 0.1) is 5.92 Å². The Bertz CT molecular complexity index is 304. The van der Waals surface area contributed by atoms with E-state index in [4.69, 9.17) is 16.3 Å². The summed E-state index contributed by atoms with van der Waals surface area (Å²) >= 11 is 5.67. The summed E-state index contributed by atoms with van der Waals surface area (Å²) in [6.45, 7) is 5.05. The fourth-order valence-electron chi connectivity index (χ4n) is 0.926. The summed E-state index contributed by atoms with van der Waals surface area (Å²) < 4.78 is 5.09. The van der Waals surface area contributed by atoms with Gasteiger partial charge < -0.3 is 10.1 Å². The van der Waals surface area contributed by atoms with Crippen molar-refractivity contribution in [2.75, 3.05) is 19.0 Å². The highest BCUT2D eigenvalue weighted by molar-refractivity contribution is 6.28. The lowest BCUT2D eigenvalue weighted by molar-refractivity contribution is 0.412. The molecule has 0 bridgehead atoms. The third kappa shape index (κ3) is 3.03. The van der Waals surface area contributed by atoms with Crippen LogP contribution in [0.4, 0.5) is 5.82 Å². The number of halogens is 1. The number of methoxy groups -OCH3 is 1. The number of aromatic nitrogens is 2. The van der Waals surface area contributed by atoms with Crippen molar-refractivity contribution in [1.82, 2.24) is 9.97 Å². The molecule has 0 saturated carbocycles. The Kier molecular flexibility index (Phi) is 3.95. The van der Waals surface area contributed by atoms with Crippen molar-refractivity contribution in [2.45, 2.75) is 13.8 Å². The average molecular weight is 216 g/mol. The molecule has 0 spiro atoms. The highest BCUT2D eigenvalue weighted by Gasteiger charge is 2.06. The van der Waals surface area contributed by atoms with Crippen molar-refractivity contribution in [3.63, 3.8) is 0 Å². The smallest absolute Gasteiger partial charge is 0.224 e. The number of hydrogen-bond donors (Lipinski definition) is 1. The topological polar surface area (TPSA) is 47.0 Å². The van der Waals surface area contributed by atoms with Gasteiger partial charge in [-0.1, -0.05) is 13.8 Å². The van der Waals surface area contributed by atoms with Gasteiger partial charge in [0, 0.05) is 6.54 Å². The van der Waals surface area contributed by atoms with E-state index < -0.39 is 0 Å². The Morgan fingerprint density at radius 3 is 2.86 bits per heavy atom. The number of rotatable bonds is 4. The van der Waals surface area contributed by atoms with E-state index in [1.54, 1.807) is 13.3 Å². The summed E-state index contributed by atoms with van der Waals surface area (Å²) in [5, 5.41) is 3.36. The first-order valence-electron chi connectivity index (χ1n) is 4.44.